The number of pyridine rings is 1. The van der Waals surface area contributed by atoms with E-state index in [-0.39, 0.29) is 34.2 Å². The Morgan fingerprint density at radius 1 is 1.21 bits per heavy atom. The number of aromatic amines is 1. The zero-order chi connectivity index (χ0) is 26.0. The molecule has 2 N–H and O–H groups in total. The highest BCUT2D eigenvalue weighted by Crippen LogP contribution is 2.46. The van der Waals surface area contributed by atoms with Crippen LogP contribution in [0, 0.1) is 5.92 Å². The van der Waals surface area contributed by atoms with Crippen molar-refractivity contribution in [3.63, 3.8) is 0 Å². The van der Waals surface area contributed by atoms with Crippen LogP contribution in [0.15, 0.2) is 39.8 Å². The number of nitrogens with one attached hydrogen (secondary N) is 2. The van der Waals surface area contributed by atoms with Crippen molar-refractivity contribution in [2.45, 2.75) is 44.1 Å². The van der Waals surface area contributed by atoms with Crippen LogP contribution in [-0.4, -0.2) is 62.9 Å². The second-order valence-electron chi connectivity index (χ2n) is 11.0. The van der Waals surface area contributed by atoms with Gasteiger partial charge >= 0.3 is 11.8 Å². The average Bonchev–Trinajstić information content (AvgIpc) is 3.72. The zero-order valence-electron chi connectivity index (χ0n) is 21.0. The molecule has 3 aliphatic heterocycles. The van der Waals surface area contributed by atoms with Gasteiger partial charge in [0.05, 0.1) is 28.1 Å². The summed E-state index contributed by atoms with van der Waals surface area (Å²) in [4.78, 5) is 51.6. The van der Waals surface area contributed by atoms with E-state index < -0.39 is 17.4 Å². The second kappa shape index (κ2) is 8.74. The predicted molar refractivity (Wildman–Crippen MR) is 143 cm³/mol. The summed E-state index contributed by atoms with van der Waals surface area (Å²) in [5.74, 6) is -1.07. The first kappa shape index (κ1) is 23.5. The SMILES string of the molecule is C[C@H]1CC[C@H](c2ccc3sc(C45CCN(CC4)C5)nc3c2)N(C(=O)C(=O)Nc2cnc3o[nH]c(=O)c3c2)C1. The minimum absolute atomic E-state index is 0.141. The Hall–Kier alpha value is -3.57. The van der Waals surface area contributed by atoms with Crippen molar-refractivity contribution < 1.29 is 14.1 Å². The lowest BCUT2D eigenvalue weighted by atomic mass is 9.85. The normalized spacial score (nSPS) is 26.9. The number of piperidine rings is 2. The number of aromatic nitrogens is 3. The molecule has 1 aromatic carbocycles. The summed E-state index contributed by atoms with van der Waals surface area (Å²) in [5, 5.41) is 6.26. The Morgan fingerprint density at radius 2 is 2.05 bits per heavy atom. The van der Waals surface area contributed by atoms with Gasteiger partial charge in [-0.15, -0.1) is 11.3 Å². The zero-order valence-corrected chi connectivity index (χ0v) is 21.8. The molecule has 0 radical (unpaired) electrons. The number of amides is 2. The van der Waals surface area contributed by atoms with Crippen molar-refractivity contribution >= 4 is 50.2 Å². The quantitative estimate of drug-likeness (QED) is 0.388. The van der Waals surface area contributed by atoms with E-state index in [1.807, 2.05) is 0 Å². The van der Waals surface area contributed by atoms with Crippen LogP contribution in [0.1, 0.15) is 49.2 Å². The number of carbonyl (C=O) groups is 2. The van der Waals surface area contributed by atoms with Gasteiger partial charge in [-0.1, -0.05) is 13.0 Å². The molecule has 2 atom stereocenters. The van der Waals surface area contributed by atoms with Gasteiger partial charge in [0, 0.05) is 18.5 Å². The molecule has 11 heteroatoms. The predicted octanol–water partition coefficient (Wildman–Crippen LogP) is 3.41. The average molecular weight is 533 g/mol. The highest BCUT2D eigenvalue weighted by molar-refractivity contribution is 7.18. The van der Waals surface area contributed by atoms with E-state index in [9.17, 15) is 14.4 Å². The standard InChI is InChI=1S/C27H28N6O4S/c1-15-2-4-20(16-3-5-21-19(10-16)30-26(38-21)27-6-8-32(14-27)9-7-27)33(13-15)25(36)23(35)29-17-11-18-22(34)31-37-24(18)28-12-17/h3,5,10-12,15,20H,2,4,6-9,13-14H2,1H3,(H,29,35)(H,31,34)/t15-,20+/m0/s1. The molecule has 0 unspecified atom stereocenters. The highest BCUT2D eigenvalue weighted by Gasteiger charge is 2.47. The number of anilines is 1. The van der Waals surface area contributed by atoms with Crippen molar-refractivity contribution in [2.24, 2.45) is 5.92 Å². The van der Waals surface area contributed by atoms with Crippen molar-refractivity contribution in [3.8, 4) is 0 Å². The van der Waals surface area contributed by atoms with Crippen molar-refractivity contribution in [2.75, 3.05) is 31.5 Å². The number of benzene rings is 1. The molecule has 0 aliphatic carbocycles. The van der Waals surface area contributed by atoms with E-state index in [2.05, 4.69) is 45.5 Å². The molecular weight excluding hydrogens is 504 g/mol. The summed E-state index contributed by atoms with van der Waals surface area (Å²) in [5.41, 5.74) is 2.14. The smallest absolute Gasteiger partial charge is 0.313 e. The molecule has 0 spiro atoms. The third kappa shape index (κ3) is 3.83. The van der Waals surface area contributed by atoms with Gasteiger partial charge in [0.25, 0.3) is 11.3 Å². The first-order valence-corrected chi connectivity index (χ1v) is 13.9. The first-order valence-electron chi connectivity index (χ1n) is 13.1. The minimum Gasteiger partial charge on any atom is -0.358 e. The molecule has 6 heterocycles. The van der Waals surface area contributed by atoms with Crippen LogP contribution >= 0.6 is 11.3 Å². The Morgan fingerprint density at radius 3 is 2.84 bits per heavy atom. The summed E-state index contributed by atoms with van der Waals surface area (Å²) in [7, 11) is 0. The third-order valence-electron chi connectivity index (χ3n) is 8.46. The fourth-order valence-corrected chi connectivity index (χ4v) is 7.52. The molecule has 3 fully saturated rings. The van der Waals surface area contributed by atoms with Gasteiger partial charge in [-0.3, -0.25) is 14.4 Å². The number of nitrogens with zero attached hydrogens (tertiary/aromatic N) is 4. The lowest BCUT2D eigenvalue weighted by molar-refractivity contribution is -0.146. The molecule has 0 saturated carbocycles. The molecule has 2 bridgehead atoms. The summed E-state index contributed by atoms with van der Waals surface area (Å²) in [6, 6.07) is 7.55. The summed E-state index contributed by atoms with van der Waals surface area (Å²) in [6.07, 6.45) is 5.46. The fourth-order valence-electron chi connectivity index (χ4n) is 6.34. The number of thiazole rings is 1. The molecule has 10 nitrogen and oxygen atoms in total. The second-order valence-corrected chi connectivity index (χ2v) is 12.1. The third-order valence-corrected chi connectivity index (χ3v) is 9.74. The van der Waals surface area contributed by atoms with Gasteiger partial charge in [-0.2, -0.15) is 5.16 Å². The van der Waals surface area contributed by atoms with Crippen LogP contribution in [0.25, 0.3) is 21.3 Å². The molecule has 3 saturated heterocycles. The topological polar surface area (TPSA) is 124 Å². The minimum atomic E-state index is -0.756. The molecule has 3 aliphatic rings. The Bertz CT molecular complexity index is 1630. The van der Waals surface area contributed by atoms with E-state index >= 15 is 0 Å². The van der Waals surface area contributed by atoms with Crippen molar-refractivity contribution in [1.82, 2.24) is 24.9 Å². The van der Waals surface area contributed by atoms with Crippen LogP contribution in [0.5, 0.6) is 0 Å². The van der Waals surface area contributed by atoms with Gasteiger partial charge in [-0.05, 0) is 68.5 Å². The van der Waals surface area contributed by atoms with E-state index in [4.69, 9.17) is 9.51 Å². The summed E-state index contributed by atoms with van der Waals surface area (Å²) < 4.78 is 6.12. The fraction of sp³-hybridized carbons (Fsp3) is 0.444. The number of hydrogen-bond acceptors (Lipinski definition) is 8. The Kier molecular flexibility index (Phi) is 5.41. The van der Waals surface area contributed by atoms with E-state index in [0.29, 0.717) is 6.54 Å². The number of H-pyrrole nitrogens is 1. The van der Waals surface area contributed by atoms with Gasteiger partial charge < -0.3 is 19.6 Å². The number of fused-ring (bicyclic) bond motifs is 4. The molecule has 3 aromatic heterocycles. The van der Waals surface area contributed by atoms with E-state index in [1.165, 1.54) is 34.8 Å². The van der Waals surface area contributed by atoms with Gasteiger partial charge in [0.1, 0.15) is 10.4 Å². The largest absolute Gasteiger partial charge is 0.358 e. The maximum atomic E-state index is 13.4. The number of likely N-dealkylation sites (tertiary alicyclic amines) is 1. The number of carbonyl (C=O) groups excluding carboxylic acids is 2. The van der Waals surface area contributed by atoms with Crippen molar-refractivity contribution in [3.05, 3.63) is 51.4 Å². The van der Waals surface area contributed by atoms with Crippen LogP contribution < -0.4 is 10.9 Å². The Labute approximate surface area is 222 Å². The maximum absolute atomic E-state index is 13.4. The van der Waals surface area contributed by atoms with E-state index in [1.54, 1.807) is 16.2 Å². The highest BCUT2D eigenvalue weighted by atomic mass is 32.1. The molecule has 2 amide bonds. The number of rotatable bonds is 3. The van der Waals surface area contributed by atoms with Crippen LogP contribution in [0.4, 0.5) is 5.69 Å². The van der Waals surface area contributed by atoms with Gasteiger partial charge in [0.15, 0.2) is 0 Å². The lowest BCUT2D eigenvalue weighted by Crippen LogP contribution is -2.46. The van der Waals surface area contributed by atoms with Crippen LogP contribution in [0.3, 0.4) is 0 Å². The van der Waals surface area contributed by atoms with Gasteiger partial charge in [-0.25, -0.2) is 9.97 Å². The molecular formula is C27H28N6O4S. The van der Waals surface area contributed by atoms with Crippen LogP contribution in [-0.2, 0) is 15.0 Å². The molecule has 196 valence electrons. The monoisotopic (exact) mass is 532 g/mol. The summed E-state index contributed by atoms with van der Waals surface area (Å²) >= 11 is 1.80. The molecule has 38 heavy (non-hydrogen) atoms. The van der Waals surface area contributed by atoms with E-state index in [0.717, 1.165) is 43.6 Å². The molecule has 4 aromatic rings. The molecule has 7 rings (SSSR count). The first-order chi connectivity index (χ1) is 18.4. The summed E-state index contributed by atoms with van der Waals surface area (Å²) in [6.45, 7) is 6.01. The number of hydrogen-bond donors (Lipinski definition) is 2. The maximum Gasteiger partial charge on any atom is 0.313 e. The van der Waals surface area contributed by atoms with Crippen molar-refractivity contribution in [1.29, 1.82) is 0 Å². The van der Waals surface area contributed by atoms with Crippen LogP contribution in [0.2, 0.25) is 0 Å². The van der Waals surface area contributed by atoms with Gasteiger partial charge in [0.2, 0.25) is 0 Å². The Balaban J connectivity index is 1.15. The lowest BCUT2D eigenvalue weighted by Gasteiger charge is -2.38.